The summed E-state index contributed by atoms with van der Waals surface area (Å²) in [5.41, 5.74) is 3.53. The number of hydrogen-bond donors (Lipinski definition) is 2. The Morgan fingerprint density at radius 3 is 2.48 bits per heavy atom. The molecule has 2 aromatic rings. The molecule has 0 bridgehead atoms. The third-order valence-electron chi connectivity index (χ3n) is 4.45. The van der Waals surface area contributed by atoms with E-state index in [0.717, 1.165) is 11.3 Å². The van der Waals surface area contributed by atoms with Gasteiger partial charge in [-0.15, -0.1) is 0 Å². The van der Waals surface area contributed by atoms with E-state index in [0.29, 0.717) is 18.5 Å². The number of hydrogen-bond acceptors (Lipinski definition) is 7. The summed E-state index contributed by atoms with van der Waals surface area (Å²) in [4.78, 5) is 45.8. The Hall–Kier alpha value is -3.98. The van der Waals surface area contributed by atoms with Crippen molar-refractivity contribution in [2.75, 3.05) is 20.7 Å². The minimum atomic E-state index is -0.687. The van der Waals surface area contributed by atoms with Crippen LogP contribution >= 0.6 is 0 Å². The fraction of sp³-hybridized carbons (Fsp3) is 0.182. The maximum absolute atomic E-state index is 12.8. The van der Waals surface area contributed by atoms with Crippen molar-refractivity contribution in [3.05, 3.63) is 77.5 Å². The minimum absolute atomic E-state index is 0.0462. The Labute approximate surface area is 179 Å². The summed E-state index contributed by atoms with van der Waals surface area (Å²) in [5.74, 6) is -1.12. The lowest BCUT2D eigenvalue weighted by atomic mass is 10.1. The quantitative estimate of drug-likeness (QED) is 0.513. The van der Waals surface area contributed by atoms with Crippen molar-refractivity contribution in [2.24, 2.45) is 4.99 Å². The number of nitrogens with one attached hydrogen (secondary N) is 2. The lowest BCUT2D eigenvalue weighted by molar-refractivity contribution is -0.142. The van der Waals surface area contributed by atoms with E-state index >= 15 is 0 Å². The summed E-state index contributed by atoms with van der Waals surface area (Å²) >= 11 is 0. The summed E-state index contributed by atoms with van der Waals surface area (Å²) < 4.78 is 5.13. The molecule has 2 amide bonds. The highest BCUT2D eigenvalue weighted by molar-refractivity contribution is 6.45. The zero-order valence-electron chi connectivity index (χ0n) is 17.1. The number of ether oxygens (including phenoxy) is 1. The molecular formula is C22H22N4O5. The predicted molar refractivity (Wildman–Crippen MR) is 113 cm³/mol. The van der Waals surface area contributed by atoms with Crippen LogP contribution in [0, 0.1) is 0 Å². The van der Waals surface area contributed by atoms with E-state index in [2.05, 4.69) is 15.9 Å². The lowest BCUT2D eigenvalue weighted by Crippen LogP contribution is -2.33. The molecule has 1 heterocycles. The van der Waals surface area contributed by atoms with Gasteiger partial charge in [0.2, 0.25) is 0 Å². The number of benzene rings is 2. The molecule has 0 radical (unpaired) electrons. The standard InChI is InChI=1S/C22H22N4O5/c1-26-19(22(29)31-25-26)14-18(24-20(27)16-6-4-3-5-7-16)21(28)23-13-12-15-8-10-17(30-2)11-9-15/h3-11,14,25H,12-13H2,1-2H3,(H,23,28)/b19-14+,24-18?. The van der Waals surface area contributed by atoms with Crippen LogP contribution in [0.25, 0.3) is 0 Å². The molecule has 0 saturated carbocycles. The number of hydrazine groups is 1. The van der Waals surface area contributed by atoms with Crippen LogP contribution in [0.2, 0.25) is 0 Å². The van der Waals surface area contributed by atoms with Gasteiger partial charge in [0.05, 0.1) is 7.11 Å². The van der Waals surface area contributed by atoms with Gasteiger partial charge in [0.15, 0.2) is 0 Å². The first kappa shape index (κ1) is 21.7. The number of rotatable bonds is 7. The average molecular weight is 422 g/mol. The number of methoxy groups -OCH3 is 1. The summed E-state index contributed by atoms with van der Waals surface area (Å²) in [6.45, 7) is 0.311. The number of amides is 2. The van der Waals surface area contributed by atoms with Crippen molar-refractivity contribution in [1.29, 1.82) is 0 Å². The topological polar surface area (TPSA) is 109 Å². The van der Waals surface area contributed by atoms with Crippen LogP contribution in [0.15, 0.2) is 71.4 Å². The van der Waals surface area contributed by atoms with E-state index in [1.165, 1.54) is 18.1 Å². The maximum Gasteiger partial charge on any atom is 0.376 e. The summed E-state index contributed by atoms with van der Waals surface area (Å²) in [6, 6.07) is 15.8. The Kier molecular flexibility index (Phi) is 7.13. The molecule has 9 nitrogen and oxygen atoms in total. The molecule has 2 aromatic carbocycles. The van der Waals surface area contributed by atoms with Gasteiger partial charge >= 0.3 is 5.97 Å². The van der Waals surface area contributed by atoms with E-state index in [1.54, 1.807) is 37.4 Å². The first-order valence-corrected chi connectivity index (χ1v) is 9.49. The second-order valence-electron chi connectivity index (χ2n) is 6.59. The molecule has 3 rings (SSSR count). The SMILES string of the molecule is COc1ccc(CCNC(=O)C(/C=C2\C(=O)ONN2C)=NC(=O)c2ccccc2)cc1. The second-order valence-corrected chi connectivity index (χ2v) is 6.59. The zero-order valence-corrected chi connectivity index (χ0v) is 17.1. The Balaban J connectivity index is 1.75. The number of likely N-dealkylation sites (N-methyl/N-ethyl adjacent to an activating group) is 1. The lowest BCUT2D eigenvalue weighted by Gasteiger charge is -2.09. The highest BCUT2D eigenvalue weighted by Gasteiger charge is 2.26. The molecule has 1 aliphatic heterocycles. The molecule has 9 heteroatoms. The molecule has 1 fully saturated rings. The second kappa shape index (κ2) is 10.2. The Morgan fingerprint density at radius 2 is 1.87 bits per heavy atom. The van der Waals surface area contributed by atoms with Crippen LogP contribution in [0.1, 0.15) is 15.9 Å². The van der Waals surface area contributed by atoms with E-state index in [4.69, 9.17) is 9.57 Å². The maximum atomic E-state index is 12.8. The molecule has 31 heavy (non-hydrogen) atoms. The molecule has 0 aliphatic carbocycles. The van der Waals surface area contributed by atoms with E-state index in [-0.39, 0.29) is 11.4 Å². The first-order valence-electron chi connectivity index (χ1n) is 9.49. The number of carbonyl (C=O) groups is 3. The van der Waals surface area contributed by atoms with Gasteiger partial charge < -0.3 is 14.9 Å². The smallest absolute Gasteiger partial charge is 0.376 e. The van der Waals surface area contributed by atoms with Gasteiger partial charge in [0.25, 0.3) is 11.8 Å². The fourth-order valence-corrected chi connectivity index (χ4v) is 2.74. The fourth-order valence-electron chi connectivity index (χ4n) is 2.74. The summed E-state index contributed by atoms with van der Waals surface area (Å²) in [5, 5.41) is 4.02. The van der Waals surface area contributed by atoms with Gasteiger partial charge in [-0.2, -0.15) is 0 Å². The number of nitrogens with zero attached hydrogens (tertiary/aromatic N) is 2. The predicted octanol–water partition coefficient (Wildman–Crippen LogP) is 1.43. The highest BCUT2D eigenvalue weighted by atomic mass is 16.7. The van der Waals surface area contributed by atoms with E-state index < -0.39 is 17.8 Å². The molecule has 160 valence electrons. The van der Waals surface area contributed by atoms with E-state index in [1.807, 2.05) is 24.3 Å². The van der Waals surface area contributed by atoms with Gasteiger partial charge in [-0.3, -0.25) is 14.6 Å². The van der Waals surface area contributed by atoms with Gasteiger partial charge in [0.1, 0.15) is 17.2 Å². The van der Waals surface area contributed by atoms with Crippen LogP contribution in [-0.2, 0) is 20.8 Å². The van der Waals surface area contributed by atoms with Crippen molar-refractivity contribution >= 4 is 23.5 Å². The van der Waals surface area contributed by atoms with Gasteiger partial charge in [-0.1, -0.05) is 35.9 Å². The number of carbonyl (C=O) groups excluding carboxylic acids is 3. The van der Waals surface area contributed by atoms with Crippen LogP contribution in [0.4, 0.5) is 0 Å². The van der Waals surface area contributed by atoms with Crippen LogP contribution in [0.3, 0.4) is 0 Å². The van der Waals surface area contributed by atoms with Gasteiger partial charge in [-0.05, 0) is 36.2 Å². The number of aliphatic imine (C=N–C) groups is 1. The molecule has 2 N–H and O–H groups in total. The molecule has 1 aliphatic rings. The van der Waals surface area contributed by atoms with Crippen molar-refractivity contribution in [1.82, 2.24) is 15.9 Å². The average Bonchev–Trinajstić information content (AvgIpc) is 3.11. The van der Waals surface area contributed by atoms with Crippen LogP contribution < -0.4 is 15.6 Å². The minimum Gasteiger partial charge on any atom is -0.497 e. The van der Waals surface area contributed by atoms with Crippen molar-refractivity contribution < 1.29 is 24.0 Å². The first-order chi connectivity index (χ1) is 15.0. The van der Waals surface area contributed by atoms with Crippen LogP contribution in [-0.4, -0.2) is 49.2 Å². The summed E-state index contributed by atoms with van der Waals surface area (Å²) in [6.07, 6.45) is 1.78. The zero-order chi connectivity index (χ0) is 22.2. The third-order valence-corrected chi connectivity index (χ3v) is 4.45. The van der Waals surface area contributed by atoms with Gasteiger partial charge in [0, 0.05) is 25.2 Å². The molecule has 0 aromatic heterocycles. The molecular weight excluding hydrogens is 400 g/mol. The molecule has 0 spiro atoms. The van der Waals surface area contributed by atoms with Crippen molar-refractivity contribution in [3.8, 4) is 5.75 Å². The highest BCUT2D eigenvalue weighted by Crippen LogP contribution is 2.12. The van der Waals surface area contributed by atoms with Crippen LogP contribution in [0.5, 0.6) is 5.75 Å². The Morgan fingerprint density at radius 1 is 1.16 bits per heavy atom. The van der Waals surface area contributed by atoms with Crippen molar-refractivity contribution in [3.63, 3.8) is 0 Å². The summed E-state index contributed by atoms with van der Waals surface area (Å²) in [7, 11) is 3.13. The molecule has 1 saturated heterocycles. The normalized spacial score (nSPS) is 15.0. The third kappa shape index (κ3) is 5.77. The van der Waals surface area contributed by atoms with Gasteiger partial charge in [-0.25, -0.2) is 9.79 Å². The molecule has 0 unspecified atom stereocenters. The van der Waals surface area contributed by atoms with Crippen molar-refractivity contribution in [2.45, 2.75) is 6.42 Å². The Bertz CT molecular complexity index is 1020. The largest absolute Gasteiger partial charge is 0.497 e. The monoisotopic (exact) mass is 422 g/mol. The van der Waals surface area contributed by atoms with E-state index in [9.17, 15) is 14.4 Å². The molecule has 0 atom stereocenters.